The Labute approximate surface area is 138 Å². The van der Waals surface area contributed by atoms with Crippen LogP contribution in [0.5, 0.6) is 11.5 Å². The van der Waals surface area contributed by atoms with Crippen LogP contribution in [-0.4, -0.2) is 22.8 Å². The SMILES string of the molecule is CC(N)c1nc2cc3c(cc2n1Cc1ccccc1F)OCCO3. The number of hydrogen-bond acceptors (Lipinski definition) is 4. The molecule has 0 fully saturated rings. The van der Waals surface area contributed by atoms with Gasteiger partial charge in [-0.15, -0.1) is 0 Å². The maximum atomic E-state index is 14.1. The van der Waals surface area contributed by atoms with Gasteiger partial charge in [0.2, 0.25) is 0 Å². The number of benzene rings is 2. The first kappa shape index (κ1) is 15.0. The summed E-state index contributed by atoms with van der Waals surface area (Å²) in [6.45, 7) is 3.26. The van der Waals surface area contributed by atoms with Gasteiger partial charge >= 0.3 is 0 Å². The van der Waals surface area contributed by atoms with Crippen molar-refractivity contribution < 1.29 is 13.9 Å². The van der Waals surface area contributed by atoms with Crippen LogP contribution in [0.2, 0.25) is 0 Å². The molecule has 6 heteroatoms. The molecule has 1 aliphatic rings. The quantitative estimate of drug-likeness (QED) is 0.803. The molecule has 0 saturated heterocycles. The molecule has 1 aliphatic heterocycles. The summed E-state index contributed by atoms with van der Waals surface area (Å²) in [6, 6.07) is 10.2. The van der Waals surface area contributed by atoms with Crippen molar-refractivity contribution in [2.75, 3.05) is 13.2 Å². The molecule has 3 aromatic rings. The molecule has 1 unspecified atom stereocenters. The van der Waals surface area contributed by atoms with Crippen LogP contribution in [0.15, 0.2) is 36.4 Å². The third-order valence-electron chi connectivity index (χ3n) is 4.14. The first-order chi connectivity index (χ1) is 11.6. The van der Waals surface area contributed by atoms with Crippen molar-refractivity contribution in [3.8, 4) is 11.5 Å². The van der Waals surface area contributed by atoms with Crippen molar-refractivity contribution in [1.82, 2.24) is 9.55 Å². The van der Waals surface area contributed by atoms with Crippen LogP contribution in [0.3, 0.4) is 0 Å². The fourth-order valence-corrected chi connectivity index (χ4v) is 2.99. The smallest absolute Gasteiger partial charge is 0.163 e. The topological polar surface area (TPSA) is 62.3 Å². The van der Waals surface area contributed by atoms with Gasteiger partial charge in [0.25, 0.3) is 0 Å². The average Bonchev–Trinajstić information content (AvgIpc) is 2.93. The summed E-state index contributed by atoms with van der Waals surface area (Å²) in [5.74, 6) is 1.82. The highest BCUT2D eigenvalue weighted by Gasteiger charge is 2.20. The predicted molar refractivity (Wildman–Crippen MR) is 88.8 cm³/mol. The summed E-state index contributed by atoms with van der Waals surface area (Å²) in [5, 5.41) is 0. The minimum absolute atomic E-state index is 0.243. The van der Waals surface area contributed by atoms with Gasteiger partial charge in [-0.3, -0.25) is 0 Å². The van der Waals surface area contributed by atoms with E-state index in [1.54, 1.807) is 12.1 Å². The lowest BCUT2D eigenvalue weighted by molar-refractivity contribution is 0.172. The number of imidazole rings is 1. The molecule has 1 aromatic heterocycles. The second-order valence-corrected chi connectivity index (χ2v) is 5.92. The first-order valence-electron chi connectivity index (χ1n) is 7.92. The van der Waals surface area contributed by atoms with Crippen LogP contribution in [0.1, 0.15) is 24.4 Å². The number of nitrogens with zero attached hydrogens (tertiary/aromatic N) is 2. The van der Waals surface area contributed by atoms with Crippen molar-refractivity contribution >= 4 is 11.0 Å². The molecular formula is C18H18FN3O2. The summed E-state index contributed by atoms with van der Waals surface area (Å²) in [5.41, 5.74) is 8.30. The van der Waals surface area contributed by atoms with E-state index < -0.39 is 0 Å². The molecule has 0 spiro atoms. The lowest BCUT2D eigenvalue weighted by atomic mass is 10.2. The number of halogens is 1. The first-order valence-corrected chi connectivity index (χ1v) is 7.92. The maximum Gasteiger partial charge on any atom is 0.163 e. The van der Waals surface area contributed by atoms with Gasteiger partial charge in [-0.2, -0.15) is 0 Å². The predicted octanol–water partition coefficient (Wildman–Crippen LogP) is 3.01. The third-order valence-corrected chi connectivity index (χ3v) is 4.14. The number of ether oxygens (including phenoxy) is 2. The molecule has 24 heavy (non-hydrogen) atoms. The van der Waals surface area contributed by atoms with Crippen LogP contribution in [0.25, 0.3) is 11.0 Å². The van der Waals surface area contributed by atoms with Gasteiger partial charge in [0.15, 0.2) is 11.5 Å². The Morgan fingerprint density at radius 2 is 1.92 bits per heavy atom. The molecule has 0 saturated carbocycles. The van der Waals surface area contributed by atoms with Crippen LogP contribution >= 0.6 is 0 Å². The molecule has 4 rings (SSSR count). The molecular weight excluding hydrogens is 309 g/mol. The molecule has 1 atom stereocenters. The van der Waals surface area contributed by atoms with Gasteiger partial charge in [-0.25, -0.2) is 9.37 Å². The Morgan fingerprint density at radius 1 is 1.21 bits per heavy atom. The second kappa shape index (κ2) is 5.79. The van der Waals surface area contributed by atoms with Crippen molar-refractivity contribution in [1.29, 1.82) is 0 Å². The Balaban J connectivity index is 1.88. The molecule has 2 heterocycles. The molecule has 0 bridgehead atoms. The van der Waals surface area contributed by atoms with Gasteiger partial charge in [0.1, 0.15) is 24.9 Å². The third kappa shape index (κ3) is 2.49. The van der Waals surface area contributed by atoms with Crippen LogP contribution in [0.4, 0.5) is 4.39 Å². The summed E-state index contributed by atoms with van der Waals surface area (Å²) >= 11 is 0. The van der Waals surface area contributed by atoms with Crippen LogP contribution < -0.4 is 15.2 Å². The fourth-order valence-electron chi connectivity index (χ4n) is 2.99. The number of nitrogens with two attached hydrogens (primary N) is 1. The van der Waals surface area contributed by atoms with Crippen molar-refractivity contribution in [3.63, 3.8) is 0 Å². The van der Waals surface area contributed by atoms with E-state index in [9.17, 15) is 4.39 Å². The lowest BCUT2D eigenvalue weighted by Gasteiger charge is -2.18. The Hall–Kier alpha value is -2.60. The zero-order valence-electron chi connectivity index (χ0n) is 13.3. The molecule has 124 valence electrons. The zero-order valence-corrected chi connectivity index (χ0v) is 13.3. The minimum Gasteiger partial charge on any atom is -0.486 e. The highest BCUT2D eigenvalue weighted by atomic mass is 19.1. The largest absolute Gasteiger partial charge is 0.486 e. The molecule has 2 aromatic carbocycles. The van der Waals surface area contributed by atoms with Gasteiger partial charge in [-0.1, -0.05) is 18.2 Å². The number of rotatable bonds is 3. The highest BCUT2D eigenvalue weighted by Crippen LogP contribution is 2.35. The maximum absolute atomic E-state index is 14.1. The van der Waals surface area contributed by atoms with E-state index in [2.05, 4.69) is 4.98 Å². The Bertz CT molecular complexity index is 905. The molecule has 5 nitrogen and oxygen atoms in total. The fraction of sp³-hybridized carbons (Fsp3) is 0.278. The van der Waals surface area contributed by atoms with E-state index in [0.29, 0.717) is 42.6 Å². The number of fused-ring (bicyclic) bond motifs is 2. The molecule has 2 N–H and O–H groups in total. The summed E-state index contributed by atoms with van der Waals surface area (Å²) in [6.07, 6.45) is 0. The monoisotopic (exact) mass is 327 g/mol. The van der Waals surface area contributed by atoms with Crippen molar-refractivity contribution in [2.45, 2.75) is 19.5 Å². The van der Waals surface area contributed by atoms with Gasteiger partial charge < -0.3 is 19.8 Å². The van der Waals surface area contributed by atoms with Crippen LogP contribution in [0, 0.1) is 5.82 Å². The van der Waals surface area contributed by atoms with Gasteiger partial charge in [0, 0.05) is 17.7 Å². The number of hydrogen-bond donors (Lipinski definition) is 1. The van der Waals surface area contributed by atoms with Crippen molar-refractivity contribution in [2.24, 2.45) is 5.73 Å². The van der Waals surface area contributed by atoms with E-state index in [4.69, 9.17) is 15.2 Å². The Kier molecular flexibility index (Phi) is 3.61. The Morgan fingerprint density at radius 3 is 2.62 bits per heavy atom. The van der Waals surface area contributed by atoms with E-state index in [1.807, 2.05) is 29.7 Å². The normalized spacial score (nSPS) is 14.8. The molecule has 0 aliphatic carbocycles. The van der Waals surface area contributed by atoms with Crippen molar-refractivity contribution in [3.05, 3.63) is 53.6 Å². The van der Waals surface area contributed by atoms with E-state index >= 15 is 0 Å². The summed E-state index contributed by atoms with van der Waals surface area (Å²) in [4.78, 5) is 4.63. The zero-order chi connectivity index (χ0) is 16.7. The van der Waals surface area contributed by atoms with E-state index in [0.717, 1.165) is 11.0 Å². The van der Waals surface area contributed by atoms with Gasteiger partial charge in [0.05, 0.1) is 23.6 Å². The average molecular weight is 327 g/mol. The van der Waals surface area contributed by atoms with Crippen LogP contribution in [-0.2, 0) is 6.54 Å². The standard InChI is InChI=1S/C18H18FN3O2/c1-11(20)18-21-14-8-16-17(24-7-6-23-16)9-15(14)22(18)10-12-4-2-3-5-13(12)19/h2-5,8-9,11H,6-7,10,20H2,1H3. The number of aromatic nitrogens is 2. The van der Waals surface area contributed by atoms with Gasteiger partial charge in [-0.05, 0) is 13.0 Å². The van der Waals surface area contributed by atoms with E-state index in [1.165, 1.54) is 6.07 Å². The van der Waals surface area contributed by atoms with E-state index in [-0.39, 0.29) is 11.9 Å². The summed E-state index contributed by atoms with van der Waals surface area (Å²) in [7, 11) is 0. The molecule has 0 amide bonds. The second-order valence-electron chi connectivity index (χ2n) is 5.92. The molecule has 0 radical (unpaired) electrons. The lowest BCUT2D eigenvalue weighted by Crippen LogP contribution is -2.16. The minimum atomic E-state index is -0.275. The highest BCUT2D eigenvalue weighted by molar-refractivity contribution is 5.81. The summed E-state index contributed by atoms with van der Waals surface area (Å²) < 4.78 is 27.3.